The van der Waals surface area contributed by atoms with Crippen LogP contribution in [0.15, 0.2) is 27.8 Å². The van der Waals surface area contributed by atoms with Gasteiger partial charge in [-0.1, -0.05) is 0 Å². The third-order valence-electron chi connectivity index (χ3n) is 2.29. The molecule has 0 saturated heterocycles. The normalized spacial score (nSPS) is 24.1. The molecule has 1 aliphatic rings. The summed E-state index contributed by atoms with van der Waals surface area (Å²) in [4.78, 5) is 23.1. The Morgan fingerprint density at radius 3 is 2.75 bits per heavy atom. The Kier molecular flexibility index (Phi) is 2.63. The molecule has 1 aromatic rings. The highest BCUT2D eigenvalue weighted by molar-refractivity contribution is 9.10. The number of carboxylic acids is 1. The molecule has 2 rings (SSSR count). The Labute approximate surface area is 104 Å². The van der Waals surface area contributed by atoms with E-state index in [9.17, 15) is 9.59 Å². The molecule has 16 heavy (non-hydrogen) atoms. The summed E-state index contributed by atoms with van der Waals surface area (Å²) in [5, 5.41) is 10.6. The summed E-state index contributed by atoms with van der Waals surface area (Å²) in [5.41, 5.74) is -1.20. The van der Waals surface area contributed by atoms with Gasteiger partial charge in [-0.05, 0) is 28.9 Å². The van der Waals surface area contributed by atoms with E-state index in [2.05, 4.69) is 15.9 Å². The van der Waals surface area contributed by atoms with Gasteiger partial charge in [0.2, 0.25) is 17.1 Å². The van der Waals surface area contributed by atoms with Gasteiger partial charge in [0.15, 0.2) is 0 Å². The number of aliphatic carboxylic acids is 1. The quantitative estimate of drug-likeness (QED) is 0.910. The van der Waals surface area contributed by atoms with Crippen molar-refractivity contribution in [2.75, 3.05) is 0 Å². The first-order chi connectivity index (χ1) is 7.43. The number of thiophene rings is 1. The van der Waals surface area contributed by atoms with Gasteiger partial charge in [0.25, 0.3) is 0 Å². The molecule has 0 spiro atoms. The van der Waals surface area contributed by atoms with Crippen LogP contribution in [0, 0.1) is 0 Å². The fourth-order valence-corrected chi connectivity index (χ4v) is 2.93. The third-order valence-corrected chi connectivity index (χ3v) is 4.19. The molecule has 0 fully saturated rings. The van der Waals surface area contributed by atoms with Gasteiger partial charge in [-0.15, -0.1) is 11.3 Å². The molecule has 0 aliphatic carbocycles. The number of hydrogen-bond donors (Lipinski definition) is 1. The largest absolute Gasteiger partial charge is 0.475 e. The van der Waals surface area contributed by atoms with Gasteiger partial charge in [0.1, 0.15) is 0 Å². The molecule has 1 N–H and O–H groups in total. The number of carbonyl (C=O) groups is 2. The average molecular weight is 303 g/mol. The number of hydrogen-bond acceptors (Lipinski definition) is 4. The van der Waals surface area contributed by atoms with Gasteiger partial charge >= 0.3 is 5.97 Å². The minimum Gasteiger partial charge on any atom is -0.475 e. The second-order valence-corrected chi connectivity index (χ2v) is 5.27. The summed E-state index contributed by atoms with van der Waals surface area (Å²) >= 11 is 4.62. The van der Waals surface area contributed by atoms with Crippen molar-refractivity contribution in [2.45, 2.75) is 12.5 Å². The molecule has 1 aliphatic heterocycles. The highest BCUT2D eigenvalue weighted by Gasteiger charge is 2.44. The fraction of sp³-hybridized carbons (Fsp3) is 0.200. The predicted molar refractivity (Wildman–Crippen MR) is 61.2 cm³/mol. The maximum Gasteiger partial charge on any atom is 0.371 e. The highest BCUT2D eigenvalue weighted by Crippen LogP contribution is 2.39. The SMILES string of the molecule is CC1(c2cc(Br)cs2)OC(C(=O)O)=CC1=O. The average Bonchev–Trinajstić information content (AvgIpc) is 2.74. The summed E-state index contributed by atoms with van der Waals surface area (Å²) in [6.45, 7) is 1.57. The lowest BCUT2D eigenvalue weighted by Gasteiger charge is -2.21. The van der Waals surface area contributed by atoms with E-state index >= 15 is 0 Å². The Morgan fingerprint density at radius 2 is 2.31 bits per heavy atom. The van der Waals surface area contributed by atoms with Crippen LogP contribution < -0.4 is 0 Å². The van der Waals surface area contributed by atoms with Crippen molar-refractivity contribution in [3.8, 4) is 0 Å². The predicted octanol–water partition coefficient (Wildman–Crippen LogP) is 2.29. The summed E-state index contributed by atoms with van der Waals surface area (Å²) < 4.78 is 6.07. The number of ketones is 1. The molecule has 1 unspecified atom stereocenters. The van der Waals surface area contributed by atoms with Crippen molar-refractivity contribution in [1.82, 2.24) is 0 Å². The van der Waals surface area contributed by atoms with Crippen LogP contribution in [0.2, 0.25) is 0 Å². The molecule has 4 nitrogen and oxygen atoms in total. The second-order valence-electron chi connectivity index (χ2n) is 3.44. The van der Waals surface area contributed by atoms with Gasteiger partial charge in [-0.25, -0.2) is 4.79 Å². The number of carbonyl (C=O) groups excluding carboxylic acids is 1. The van der Waals surface area contributed by atoms with E-state index in [1.807, 2.05) is 5.38 Å². The third kappa shape index (κ3) is 1.68. The van der Waals surface area contributed by atoms with Gasteiger partial charge in [-0.3, -0.25) is 4.79 Å². The monoisotopic (exact) mass is 302 g/mol. The number of rotatable bonds is 2. The smallest absolute Gasteiger partial charge is 0.371 e. The van der Waals surface area contributed by atoms with Crippen LogP contribution in [0.25, 0.3) is 0 Å². The van der Waals surface area contributed by atoms with Crippen molar-refractivity contribution in [1.29, 1.82) is 0 Å². The summed E-state index contributed by atoms with van der Waals surface area (Å²) in [7, 11) is 0. The fourth-order valence-electron chi connectivity index (χ4n) is 1.40. The minimum atomic E-state index is -1.23. The zero-order valence-electron chi connectivity index (χ0n) is 8.19. The summed E-state index contributed by atoms with van der Waals surface area (Å²) in [5.74, 6) is -1.89. The molecule has 2 heterocycles. The van der Waals surface area contributed by atoms with Gasteiger partial charge in [0.05, 0.1) is 4.88 Å². The molecule has 1 atom stereocenters. The van der Waals surface area contributed by atoms with E-state index in [4.69, 9.17) is 9.84 Å². The van der Waals surface area contributed by atoms with Crippen LogP contribution in [-0.2, 0) is 19.9 Å². The van der Waals surface area contributed by atoms with Crippen LogP contribution in [0.3, 0.4) is 0 Å². The van der Waals surface area contributed by atoms with Crippen LogP contribution in [0.5, 0.6) is 0 Å². The van der Waals surface area contributed by atoms with Crippen LogP contribution in [0.4, 0.5) is 0 Å². The van der Waals surface area contributed by atoms with E-state index in [1.165, 1.54) is 11.3 Å². The molecule has 0 bridgehead atoms. The molecule has 1 aromatic heterocycles. The maximum atomic E-state index is 11.7. The van der Waals surface area contributed by atoms with E-state index in [1.54, 1.807) is 13.0 Å². The first-order valence-electron chi connectivity index (χ1n) is 4.36. The Balaban J connectivity index is 2.37. The number of halogens is 1. The van der Waals surface area contributed by atoms with E-state index in [0.29, 0.717) is 4.88 Å². The zero-order chi connectivity index (χ0) is 11.9. The van der Waals surface area contributed by atoms with Crippen LogP contribution in [-0.4, -0.2) is 16.9 Å². The standard InChI is InChI=1S/C10H7BrO4S/c1-10(8-2-5(11)4-16-8)7(12)3-6(15-10)9(13)14/h2-4H,1H3,(H,13,14). The van der Waals surface area contributed by atoms with Crippen molar-refractivity contribution in [2.24, 2.45) is 0 Å². The summed E-state index contributed by atoms with van der Waals surface area (Å²) in [6.07, 6.45) is 1.02. The Hall–Kier alpha value is -1.14. The number of ether oxygens (including phenoxy) is 1. The lowest BCUT2D eigenvalue weighted by Crippen LogP contribution is -2.28. The molecule has 0 radical (unpaired) electrons. The first-order valence-corrected chi connectivity index (χ1v) is 6.03. The van der Waals surface area contributed by atoms with Gasteiger partial charge in [0, 0.05) is 15.9 Å². The second kappa shape index (κ2) is 3.71. The molecule has 84 valence electrons. The topological polar surface area (TPSA) is 63.6 Å². The van der Waals surface area contributed by atoms with Crippen molar-refractivity contribution in [3.63, 3.8) is 0 Å². The molecular formula is C10H7BrO4S. The first kappa shape index (κ1) is 11.3. The van der Waals surface area contributed by atoms with Crippen molar-refractivity contribution in [3.05, 3.63) is 32.6 Å². The lowest BCUT2D eigenvalue weighted by molar-refractivity contribution is -0.141. The Morgan fingerprint density at radius 1 is 1.62 bits per heavy atom. The van der Waals surface area contributed by atoms with Crippen LogP contribution >= 0.6 is 27.3 Å². The molecular weight excluding hydrogens is 296 g/mol. The molecule has 0 aromatic carbocycles. The molecule has 0 amide bonds. The summed E-state index contributed by atoms with van der Waals surface area (Å²) in [6, 6.07) is 1.75. The number of carboxylic acid groups (broad SMARTS) is 1. The van der Waals surface area contributed by atoms with E-state index < -0.39 is 11.6 Å². The Bertz CT molecular complexity index is 505. The van der Waals surface area contributed by atoms with E-state index in [0.717, 1.165) is 10.5 Å². The minimum absolute atomic E-state index is 0.308. The van der Waals surface area contributed by atoms with Crippen molar-refractivity contribution < 1.29 is 19.4 Å². The highest BCUT2D eigenvalue weighted by atomic mass is 79.9. The van der Waals surface area contributed by atoms with Gasteiger partial charge < -0.3 is 9.84 Å². The zero-order valence-corrected chi connectivity index (χ0v) is 10.6. The van der Waals surface area contributed by atoms with E-state index in [-0.39, 0.29) is 11.5 Å². The van der Waals surface area contributed by atoms with Gasteiger partial charge in [-0.2, -0.15) is 0 Å². The lowest BCUT2D eigenvalue weighted by atomic mass is 10.0. The van der Waals surface area contributed by atoms with Crippen molar-refractivity contribution >= 4 is 39.0 Å². The molecule has 0 saturated carbocycles. The molecule has 6 heteroatoms. The van der Waals surface area contributed by atoms with Crippen LogP contribution in [0.1, 0.15) is 11.8 Å². The maximum absolute atomic E-state index is 11.7.